The first-order chi connectivity index (χ1) is 8.22. The molecular weight excluding hydrogens is 214 g/mol. The Morgan fingerprint density at radius 3 is 2.53 bits per heavy atom. The molecule has 0 bridgehead atoms. The molecule has 1 aliphatic rings. The van der Waals surface area contributed by atoms with Crippen molar-refractivity contribution in [1.29, 1.82) is 0 Å². The number of carboxylic acid groups (broad SMARTS) is 1. The van der Waals surface area contributed by atoms with Crippen LogP contribution in [0.25, 0.3) is 0 Å². The highest BCUT2D eigenvalue weighted by Gasteiger charge is 2.39. The second-order valence-corrected chi connectivity index (χ2v) is 4.67. The molecule has 0 radical (unpaired) electrons. The molecule has 0 aliphatic heterocycles. The Hall–Kier alpha value is -1.35. The summed E-state index contributed by atoms with van der Waals surface area (Å²) in [7, 11) is 0. The molecule has 1 saturated carbocycles. The van der Waals surface area contributed by atoms with Crippen LogP contribution in [0, 0.1) is 5.92 Å². The number of hydrogen-bond acceptors (Lipinski definition) is 2. The highest BCUT2D eigenvalue weighted by molar-refractivity contribution is 5.74. The van der Waals surface area contributed by atoms with Gasteiger partial charge < -0.3 is 5.11 Å². The van der Waals surface area contributed by atoms with Crippen molar-refractivity contribution in [3.05, 3.63) is 35.9 Å². The van der Waals surface area contributed by atoms with Gasteiger partial charge in [0.1, 0.15) is 6.04 Å². The van der Waals surface area contributed by atoms with Crippen LogP contribution in [-0.2, 0) is 11.3 Å². The van der Waals surface area contributed by atoms with E-state index in [-0.39, 0.29) is 6.04 Å². The number of carbonyl (C=O) groups is 1. The first-order valence-corrected chi connectivity index (χ1v) is 6.23. The van der Waals surface area contributed by atoms with Crippen molar-refractivity contribution in [2.24, 2.45) is 5.92 Å². The van der Waals surface area contributed by atoms with Crippen LogP contribution in [0.4, 0.5) is 0 Å². The van der Waals surface area contributed by atoms with Crippen LogP contribution < -0.4 is 0 Å². The molecule has 3 nitrogen and oxygen atoms in total. The molecule has 1 aromatic rings. The van der Waals surface area contributed by atoms with E-state index in [2.05, 4.69) is 17.0 Å². The SMILES string of the molecule is CCN(Cc1ccccc1)C(C(=O)O)C1CC1. The van der Waals surface area contributed by atoms with Crippen LogP contribution >= 0.6 is 0 Å². The maximum atomic E-state index is 11.3. The quantitative estimate of drug-likeness (QED) is 0.820. The molecule has 2 rings (SSSR count). The third-order valence-electron chi connectivity index (χ3n) is 3.35. The highest BCUT2D eigenvalue weighted by atomic mass is 16.4. The fourth-order valence-electron chi connectivity index (χ4n) is 2.29. The summed E-state index contributed by atoms with van der Waals surface area (Å²) in [5.41, 5.74) is 1.18. The molecule has 1 aliphatic carbocycles. The van der Waals surface area contributed by atoms with Crippen LogP contribution in [0.15, 0.2) is 30.3 Å². The van der Waals surface area contributed by atoms with E-state index in [0.717, 1.165) is 25.9 Å². The van der Waals surface area contributed by atoms with Gasteiger partial charge in [-0.05, 0) is 30.9 Å². The van der Waals surface area contributed by atoms with Crippen molar-refractivity contribution in [2.75, 3.05) is 6.54 Å². The van der Waals surface area contributed by atoms with E-state index in [1.807, 2.05) is 25.1 Å². The first kappa shape index (κ1) is 12.1. The van der Waals surface area contributed by atoms with E-state index in [4.69, 9.17) is 0 Å². The Bertz CT molecular complexity index is 373. The lowest BCUT2D eigenvalue weighted by molar-refractivity contribution is -0.144. The normalized spacial score (nSPS) is 17.1. The minimum absolute atomic E-state index is 0.305. The van der Waals surface area contributed by atoms with Crippen molar-refractivity contribution in [3.8, 4) is 0 Å². The summed E-state index contributed by atoms with van der Waals surface area (Å²) < 4.78 is 0. The fourth-order valence-corrected chi connectivity index (χ4v) is 2.29. The van der Waals surface area contributed by atoms with Gasteiger partial charge >= 0.3 is 5.97 Å². The van der Waals surface area contributed by atoms with Crippen molar-refractivity contribution in [3.63, 3.8) is 0 Å². The van der Waals surface area contributed by atoms with Crippen molar-refractivity contribution >= 4 is 5.97 Å². The van der Waals surface area contributed by atoms with Gasteiger partial charge in [0.25, 0.3) is 0 Å². The molecule has 0 heterocycles. The summed E-state index contributed by atoms with van der Waals surface area (Å²) in [6.45, 7) is 3.54. The maximum absolute atomic E-state index is 11.3. The molecule has 0 amide bonds. The topological polar surface area (TPSA) is 40.5 Å². The molecule has 1 aromatic carbocycles. The molecule has 1 fully saturated rings. The average molecular weight is 233 g/mol. The predicted octanol–water partition coefficient (Wildman–Crippen LogP) is 2.37. The van der Waals surface area contributed by atoms with E-state index in [9.17, 15) is 9.90 Å². The van der Waals surface area contributed by atoms with Gasteiger partial charge in [0.2, 0.25) is 0 Å². The molecule has 0 saturated heterocycles. The first-order valence-electron chi connectivity index (χ1n) is 6.23. The smallest absolute Gasteiger partial charge is 0.321 e. The van der Waals surface area contributed by atoms with Gasteiger partial charge in [-0.1, -0.05) is 37.3 Å². The third-order valence-corrected chi connectivity index (χ3v) is 3.35. The third kappa shape index (κ3) is 3.07. The molecule has 3 heteroatoms. The molecule has 1 atom stereocenters. The summed E-state index contributed by atoms with van der Waals surface area (Å²) in [6, 6.07) is 9.77. The van der Waals surface area contributed by atoms with Crippen LogP contribution in [-0.4, -0.2) is 28.6 Å². The van der Waals surface area contributed by atoms with Crippen LogP contribution in [0.5, 0.6) is 0 Å². The van der Waals surface area contributed by atoms with E-state index < -0.39 is 5.97 Å². The largest absolute Gasteiger partial charge is 0.480 e. The van der Waals surface area contributed by atoms with Gasteiger partial charge in [0.15, 0.2) is 0 Å². The minimum atomic E-state index is -0.676. The Balaban J connectivity index is 2.07. The van der Waals surface area contributed by atoms with Gasteiger partial charge in [0, 0.05) is 6.54 Å². The van der Waals surface area contributed by atoms with Crippen LogP contribution in [0.1, 0.15) is 25.3 Å². The second kappa shape index (κ2) is 5.32. The van der Waals surface area contributed by atoms with E-state index in [1.165, 1.54) is 5.56 Å². The molecule has 1 unspecified atom stereocenters. The lowest BCUT2D eigenvalue weighted by atomic mass is 10.1. The van der Waals surface area contributed by atoms with E-state index >= 15 is 0 Å². The Morgan fingerprint density at radius 2 is 2.06 bits per heavy atom. The zero-order chi connectivity index (χ0) is 12.3. The number of aliphatic carboxylic acids is 1. The zero-order valence-corrected chi connectivity index (χ0v) is 10.2. The molecule has 1 N–H and O–H groups in total. The van der Waals surface area contributed by atoms with Gasteiger partial charge in [-0.15, -0.1) is 0 Å². The Kier molecular flexibility index (Phi) is 3.79. The number of carboxylic acids is 1. The summed E-state index contributed by atoms with van der Waals surface area (Å²) in [5, 5.41) is 9.32. The number of nitrogens with zero attached hydrogens (tertiary/aromatic N) is 1. The van der Waals surface area contributed by atoms with E-state index in [1.54, 1.807) is 0 Å². The maximum Gasteiger partial charge on any atom is 0.321 e. The predicted molar refractivity (Wildman–Crippen MR) is 66.7 cm³/mol. The van der Waals surface area contributed by atoms with Crippen LogP contribution in [0.3, 0.4) is 0 Å². The number of benzene rings is 1. The van der Waals surface area contributed by atoms with Gasteiger partial charge in [-0.25, -0.2) is 0 Å². The second-order valence-electron chi connectivity index (χ2n) is 4.67. The van der Waals surface area contributed by atoms with Gasteiger partial charge in [0.05, 0.1) is 0 Å². The molecule has 0 spiro atoms. The average Bonchev–Trinajstić information content (AvgIpc) is 3.13. The van der Waals surface area contributed by atoms with Crippen molar-refractivity contribution in [2.45, 2.75) is 32.4 Å². The molecule has 0 aromatic heterocycles. The highest BCUT2D eigenvalue weighted by Crippen LogP contribution is 2.36. The zero-order valence-electron chi connectivity index (χ0n) is 10.2. The summed E-state index contributed by atoms with van der Waals surface area (Å²) in [4.78, 5) is 13.4. The van der Waals surface area contributed by atoms with E-state index in [0.29, 0.717) is 5.92 Å². The van der Waals surface area contributed by atoms with Crippen LogP contribution in [0.2, 0.25) is 0 Å². The number of rotatable bonds is 6. The molecule has 17 heavy (non-hydrogen) atoms. The lowest BCUT2D eigenvalue weighted by Gasteiger charge is -2.27. The summed E-state index contributed by atoms with van der Waals surface area (Å²) in [6.07, 6.45) is 2.12. The minimum Gasteiger partial charge on any atom is -0.480 e. The summed E-state index contributed by atoms with van der Waals surface area (Å²) in [5.74, 6) is -0.318. The Labute approximate surface area is 102 Å². The fraction of sp³-hybridized carbons (Fsp3) is 0.500. The standard InChI is InChI=1S/C14H19NO2/c1-2-15(10-11-6-4-3-5-7-11)13(14(16)17)12-8-9-12/h3-7,12-13H,2,8-10H2,1H3,(H,16,17). The molecular formula is C14H19NO2. The number of hydrogen-bond donors (Lipinski definition) is 1. The Morgan fingerprint density at radius 1 is 1.41 bits per heavy atom. The lowest BCUT2D eigenvalue weighted by Crippen LogP contribution is -2.42. The number of likely N-dealkylation sites (N-methyl/N-ethyl adjacent to an activating group) is 1. The van der Waals surface area contributed by atoms with Gasteiger partial charge in [-0.2, -0.15) is 0 Å². The van der Waals surface area contributed by atoms with Crippen molar-refractivity contribution in [1.82, 2.24) is 4.90 Å². The van der Waals surface area contributed by atoms with Gasteiger partial charge in [-0.3, -0.25) is 9.69 Å². The molecule has 92 valence electrons. The monoisotopic (exact) mass is 233 g/mol. The summed E-state index contributed by atoms with van der Waals surface area (Å²) >= 11 is 0. The van der Waals surface area contributed by atoms with Crippen molar-refractivity contribution < 1.29 is 9.90 Å².